The maximum atomic E-state index is 14.6. The van der Waals surface area contributed by atoms with Gasteiger partial charge in [-0.3, -0.25) is 4.79 Å². The van der Waals surface area contributed by atoms with Crippen LogP contribution in [0.4, 0.5) is 21.7 Å². The van der Waals surface area contributed by atoms with E-state index in [1.54, 1.807) is 13.1 Å². The molecule has 168 valence electrons. The van der Waals surface area contributed by atoms with Crippen molar-refractivity contribution in [3.8, 4) is 11.4 Å². The van der Waals surface area contributed by atoms with E-state index in [9.17, 15) is 9.18 Å². The summed E-state index contributed by atoms with van der Waals surface area (Å²) in [5, 5.41) is 6.13. The maximum Gasteiger partial charge on any atom is 0.227 e. The van der Waals surface area contributed by atoms with E-state index in [0.717, 1.165) is 36.7 Å². The highest BCUT2D eigenvalue weighted by molar-refractivity contribution is 5.73. The van der Waals surface area contributed by atoms with Gasteiger partial charge in [-0.1, -0.05) is 0 Å². The Labute approximate surface area is 186 Å². The summed E-state index contributed by atoms with van der Waals surface area (Å²) in [4.78, 5) is 26.4. The summed E-state index contributed by atoms with van der Waals surface area (Å²) in [6.45, 7) is 9.17. The predicted octanol–water partition coefficient (Wildman–Crippen LogP) is 3.83. The first-order valence-electron chi connectivity index (χ1n) is 10.8. The van der Waals surface area contributed by atoms with E-state index in [2.05, 4.69) is 30.5 Å². The molecule has 0 unspecified atom stereocenters. The normalized spacial score (nSPS) is 15.9. The number of imidazole rings is 1. The minimum absolute atomic E-state index is 0.00155. The molecule has 3 aromatic rings. The van der Waals surface area contributed by atoms with Crippen molar-refractivity contribution in [3.63, 3.8) is 0 Å². The largest absolute Gasteiger partial charge is 0.369 e. The van der Waals surface area contributed by atoms with Crippen molar-refractivity contribution < 1.29 is 9.18 Å². The number of hydrogen-bond acceptors (Lipinski definition) is 6. The predicted molar refractivity (Wildman–Crippen MR) is 122 cm³/mol. The molecule has 1 aliphatic rings. The van der Waals surface area contributed by atoms with Crippen LogP contribution in [-0.2, 0) is 4.79 Å². The fourth-order valence-electron chi connectivity index (χ4n) is 4.17. The maximum absolute atomic E-state index is 14.6. The average Bonchev–Trinajstić information content (AvgIpc) is 3.36. The van der Waals surface area contributed by atoms with Crippen LogP contribution in [0.5, 0.6) is 0 Å². The van der Waals surface area contributed by atoms with Crippen molar-refractivity contribution in [1.82, 2.24) is 24.8 Å². The molecule has 9 heteroatoms. The fourth-order valence-corrected chi connectivity index (χ4v) is 4.17. The molecule has 1 atom stereocenters. The number of benzene rings is 1. The third-order valence-electron chi connectivity index (χ3n) is 5.57. The second-order valence-corrected chi connectivity index (χ2v) is 8.35. The monoisotopic (exact) mass is 437 g/mol. The number of hydrogen-bond donors (Lipinski definition) is 2. The summed E-state index contributed by atoms with van der Waals surface area (Å²) in [6.07, 6.45) is 3.75. The number of aryl methyl sites for hydroxylation is 1. The number of aromatic nitrogens is 4. The van der Waals surface area contributed by atoms with Crippen molar-refractivity contribution in [1.29, 1.82) is 0 Å². The van der Waals surface area contributed by atoms with E-state index in [-0.39, 0.29) is 23.7 Å². The van der Waals surface area contributed by atoms with Crippen LogP contribution >= 0.6 is 0 Å². The van der Waals surface area contributed by atoms with Gasteiger partial charge >= 0.3 is 0 Å². The van der Waals surface area contributed by atoms with E-state index in [1.807, 2.05) is 49.6 Å². The number of halogens is 1. The Balaban J connectivity index is 1.50. The Kier molecular flexibility index (Phi) is 6.07. The summed E-state index contributed by atoms with van der Waals surface area (Å²) in [7, 11) is 0. The highest BCUT2D eigenvalue weighted by atomic mass is 19.1. The van der Waals surface area contributed by atoms with E-state index >= 15 is 0 Å². The zero-order valence-corrected chi connectivity index (χ0v) is 18.8. The summed E-state index contributed by atoms with van der Waals surface area (Å²) >= 11 is 0. The van der Waals surface area contributed by atoms with Crippen LogP contribution in [0, 0.1) is 12.7 Å². The van der Waals surface area contributed by atoms with Gasteiger partial charge in [0.1, 0.15) is 11.5 Å². The van der Waals surface area contributed by atoms with E-state index < -0.39 is 5.82 Å². The van der Waals surface area contributed by atoms with Crippen LogP contribution in [-0.4, -0.2) is 44.6 Å². The molecule has 2 aromatic heterocycles. The third-order valence-corrected chi connectivity index (χ3v) is 5.57. The standard InChI is InChI=1S/C23H28FN7O/c1-14(2)31-15(3)25-12-21(31)22-20(24)11-26-23(29-22)28-17-5-7-19(8-6-17)30-10-9-18(13-30)27-16(4)32/h5-8,11-12,14,18H,9-10,13H2,1-4H3,(H,27,32)(H,26,28,29)/t18-/m0/s1. The van der Waals surface area contributed by atoms with Gasteiger partial charge in [-0.15, -0.1) is 0 Å². The lowest BCUT2D eigenvalue weighted by Gasteiger charge is -2.19. The van der Waals surface area contributed by atoms with Crippen molar-refractivity contribution in [2.45, 2.75) is 46.2 Å². The molecule has 1 saturated heterocycles. The SMILES string of the molecule is CC(=O)N[C@H]1CCN(c2ccc(Nc3ncc(F)c(-c4cnc(C)n4C(C)C)n3)cc2)C1. The Morgan fingerprint density at radius 1 is 1.19 bits per heavy atom. The first-order valence-corrected chi connectivity index (χ1v) is 10.8. The number of amides is 1. The highest BCUT2D eigenvalue weighted by Crippen LogP contribution is 2.27. The van der Waals surface area contributed by atoms with Gasteiger partial charge in [-0.2, -0.15) is 0 Å². The first-order chi connectivity index (χ1) is 15.3. The van der Waals surface area contributed by atoms with Gasteiger partial charge in [0.05, 0.1) is 18.1 Å². The molecule has 1 amide bonds. The van der Waals surface area contributed by atoms with Gasteiger partial charge in [0.15, 0.2) is 5.82 Å². The van der Waals surface area contributed by atoms with Gasteiger partial charge in [-0.25, -0.2) is 19.3 Å². The Bertz CT molecular complexity index is 1110. The molecule has 8 nitrogen and oxygen atoms in total. The number of carbonyl (C=O) groups is 1. The smallest absolute Gasteiger partial charge is 0.227 e. The van der Waals surface area contributed by atoms with Gasteiger partial charge < -0.3 is 20.1 Å². The molecule has 1 aromatic carbocycles. The molecule has 0 radical (unpaired) electrons. The molecule has 4 rings (SSSR count). The quantitative estimate of drug-likeness (QED) is 0.610. The number of carbonyl (C=O) groups excluding carboxylic acids is 1. The van der Waals surface area contributed by atoms with Crippen LogP contribution < -0.4 is 15.5 Å². The minimum atomic E-state index is -0.490. The van der Waals surface area contributed by atoms with E-state index in [1.165, 1.54) is 6.20 Å². The topological polar surface area (TPSA) is 88.0 Å². The molecular weight excluding hydrogens is 409 g/mol. The van der Waals surface area contributed by atoms with Gasteiger partial charge in [0, 0.05) is 43.5 Å². The highest BCUT2D eigenvalue weighted by Gasteiger charge is 2.23. The van der Waals surface area contributed by atoms with Crippen molar-refractivity contribution in [2.24, 2.45) is 0 Å². The zero-order chi connectivity index (χ0) is 22.8. The molecule has 32 heavy (non-hydrogen) atoms. The van der Waals surface area contributed by atoms with Crippen LogP contribution in [0.2, 0.25) is 0 Å². The lowest BCUT2D eigenvalue weighted by atomic mass is 10.2. The van der Waals surface area contributed by atoms with Crippen LogP contribution in [0.25, 0.3) is 11.4 Å². The van der Waals surface area contributed by atoms with Crippen molar-refractivity contribution >= 4 is 23.2 Å². The summed E-state index contributed by atoms with van der Waals surface area (Å²) in [5.41, 5.74) is 2.73. The molecule has 1 aliphatic heterocycles. The molecule has 0 aliphatic carbocycles. The summed E-state index contributed by atoms with van der Waals surface area (Å²) in [5.74, 6) is 0.632. The number of nitrogens with one attached hydrogen (secondary N) is 2. The Hall–Kier alpha value is -3.49. The molecule has 2 N–H and O–H groups in total. The van der Waals surface area contributed by atoms with Gasteiger partial charge in [0.25, 0.3) is 0 Å². The molecule has 0 saturated carbocycles. The average molecular weight is 438 g/mol. The zero-order valence-electron chi connectivity index (χ0n) is 18.8. The van der Waals surface area contributed by atoms with Crippen molar-refractivity contribution in [3.05, 3.63) is 48.3 Å². The second-order valence-electron chi connectivity index (χ2n) is 8.35. The fraction of sp³-hybridized carbons (Fsp3) is 0.391. The third kappa shape index (κ3) is 4.56. The Morgan fingerprint density at radius 2 is 1.94 bits per heavy atom. The lowest BCUT2D eigenvalue weighted by molar-refractivity contribution is -0.119. The summed E-state index contributed by atoms with van der Waals surface area (Å²) in [6, 6.07) is 8.22. The summed E-state index contributed by atoms with van der Waals surface area (Å²) < 4.78 is 16.5. The molecule has 0 bridgehead atoms. The minimum Gasteiger partial charge on any atom is -0.369 e. The van der Waals surface area contributed by atoms with Crippen molar-refractivity contribution in [2.75, 3.05) is 23.3 Å². The second kappa shape index (κ2) is 8.94. The number of nitrogens with zero attached hydrogens (tertiary/aromatic N) is 5. The Morgan fingerprint density at radius 3 is 2.62 bits per heavy atom. The lowest BCUT2D eigenvalue weighted by Crippen LogP contribution is -2.35. The van der Waals surface area contributed by atoms with Crippen LogP contribution in [0.15, 0.2) is 36.7 Å². The van der Waals surface area contributed by atoms with Gasteiger partial charge in [-0.05, 0) is 51.5 Å². The van der Waals surface area contributed by atoms with E-state index in [0.29, 0.717) is 11.6 Å². The molecule has 1 fully saturated rings. The number of rotatable bonds is 6. The first kappa shape index (κ1) is 21.7. The van der Waals surface area contributed by atoms with E-state index in [4.69, 9.17) is 0 Å². The van der Waals surface area contributed by atoms with Crippen LogP contribution in [0.3, 0.4) is 0 Å². The van der Waals surface area contributed by atoms with Crippen LogP contribution in [0.1, 0.15) is 39.1 Å². The number of anilines is 3. The molecule has 3 heterocycles. The molecular formula is C23H28FN7O. The molecule has 0 spiro atoms. The van der Waals surface area contributed by atoms with Gasteiger partial charge in [0.2, 0.25) is 11.9 Å².